The van der Waals surface area contributed by atoms with E-state index in [0.29, 0.717) is 12.3 Å². The molecule has 0 unspecified atom stereocenters. The van der Waals surface area contributed by atoms with E-state index in [0.717, 1.165) is 21.8 Å². The van der Waals surface area contributed by atoms with Crippen LogP contribution in [-0.4, -0.2) is 10.9 Å². The van der Waals surface area contributed by atoms with Crippen molar-refractivity contribution in [1.82, 2.24) is 4.98 Å². The van der Waals surface area contributed by atoms with E-state index in [1.54, 1.807) is 11.3 Å². The van der Waals surface area contributed by atoms with Crippen LogP contribution in [0.4, 0.5) is 5.69 Å². The molecule has 3 aromatic rings. The third-order valence-electron chi connectivity index (χ3n) is 4.41. The predicted molar refractivity (Wildman–Crippen MR) is 103 cm³/mol. The highest BCUT2D eigenvalue weighted by molar-refractivity contribution is 7.21. The lowest BCUT2D eigenvalue weighted by molar-refractivity contribution is -0.117. The lowest BCUT2D eigenvalue weighted by Gasteiger charge is -2.24. The molecule has 124 valence electrons. The van der Waals surface area contributed by atoms with Crippen LogP contribution in [0.5, 0.6) is 0 Å². The summed E-state index contributed by atoms with van der Waals surface area (Å²) in [6.07, 6.45) is 4.32. The molecule has 0 bridgehead atoms. The summed E-state index contributed by atoms with van der Waals surface area (Å²) in [4.78, 5) is 16.6. The number of nitrogens with zero attached hydrogens (tertiary/aromatic N) is 1. The number of hydrogen-bond donors (Lipinski definition) is 1. The lowest BCUT2D eigenvalue weighted by Crippen LogP contribution is -2.20. The smallest absolute Gasteiger partial charge is 0.224 e. The Hall–Kier alpha value is -1.91. The number of amides is 1. The van der Waals surface area contributed by atoms with Crippen molar-refractivity contribution in [2.45, 2.75) is 25.7 Å². The van der Waals surface area contributed by atoms with Crippen molar-refractivity contribution in [2.75, 3.05) is 5.32 Å². The van der Waals surface area contributed by atoms with Gasteiger partial charge in [-0.2, -0.15) is 0 Å². The van der Waals surface area contributed by atoms with Gasteiger partial charge in [-0.25, -0.2) is 4.98 Å². The fraction of sp³-hybridized carbons (Fsp3) is 0.263. The van der Waals surface area contributed by atoms with Gasteiger partial charge < -0.3 is 5.32 Å². The first-order valence-electron chi connectivity index (χ1n) is 8.04. The number of para-hydroxylation sites is 1. The summed E-state index contributed by atoms with van der Waals surface area (Å²) in [5.74, 6) is 0.722. The van der Waals surface area contributed by atoms with E-state index in [-0.39, 0.29) is 18.3 Å². The molecular weight excluding hydrogens is 340 g/mol. The molecule has 1 aliphatic carbocycles. The first-order chi connectivity index (χ1) is 11.3. The molecule has 1 N–H and O–H groups in total. The highest BCUT2D eigenvalue weighted by Gasteiger charge is 2.20. The monoisotopic (exact) mass is 358 g/mol. The normalized spacial score (nSPS) is 14.0. The first kappa shape index (κ1) is 16.9. The summed E-state index contributed by atoms with van der Waals surface area (Å²) in [5.41, 5.74) is 2.98. The topological polar surface area (TPSA) is 42.0 Å². The van der Waals surface area contributed by atoms with Crippen molar-refractivity contribution in [3.05, 3.63) is 48.5 Å². The molecule has 5 heteroatoms. The largest absolute Gasteiger partial charge is 0.326 e. The molecule has 0 spiro atoms. The van der Waals surface area contributed by atoms with Crippen LogP contribution < -0.4 is 5.32 Å². The minimum atomic E-state index is 0. The number of halogens is 1. The summed E-state index contributed by atoms with van der Waals surface area (Å²) in [7, 11) is 0. The Morgan fingerprint density at radius 2 is 1.88 bits per heavy atom. The molecule has 1 saturated carbocycles. The average Bonchev–Trinajstić information content (AvgIpc) is 2.96. The Kier molecular flexibility index (Phi) is 5.17. The highest BCUT2D eigenvalue weighted by Crippen LogP contribution is 2.31. The quantitative estimate of drug-likeness (QED) is 0.667. The number of thiazole rings is 1. The molecule has 1 fully saturated rings. The number of anilines is 1. The van der Waals surface area contributed by atoms with Crippen LogP contribution in [0.1, 0.15) is 25.7 Å². The van der Waals surface area contributed by atoms with Crippen LogP contribution in [-0.2, 0) is 4.79 Å². The van der Waals surface area contributed by atoms with Crippen molar-refractivity contribution in [3.8, 4) is 10.6 Å². The molecule has 1 aromatic heterocycles. The van der Waals surface area contributed by atoms with Crippen molar-refractivity contribution >= 4 is 45.6 Å². The molecule has 4 rings (SSSR count). The Balaban J connectivity index is 0.00000169. The van der Waals surface area contributed by atoms with Gasteiger partial charge in [0.25, 0.3) is 0 Å². The van der Waals surface area contributed by atoms with Crippen LogP contribution in [0.25, 0.3) is 20.8 Å². The molecule has 0 radical (unpaired) electrons. The maximum atomic E-state index is 12.0. The number of benzene rings is 2. The second-order valence-corrected chi connectivity index (χ2v) is 7.14. The van der Waals surface area contributed by atoms with E-state index >= 15 is 0 Å². The van der Waals surface area contributed by atoms with Gasteiger partial charge in [0.15, 0.2) is 0 Å². The summed E-state index contributed by atoms with van der Waals surface area (Å²) in [6.45, 7) is 0. The van der Waals surface area contributed by atoms with Crippen LogP contribution in [0.2, 0.25) is 0 Å². The van der Waals surface area contributed by atoms with E-state index in [2.05, 4.69) is 16.4 Å². The molecule has 1 heterocycles. The minimum absolute atomic E-state index is 0. The number of nitrogens with one attached hydrogen (secondary N) is 1. The molecule has 24 heavy (non-hydrogen) atoms. The Labute approximate surface area is 151 Å². The number of rotatable bonds is 4. The summed E-state index contributed by atoms with van der Waals surface area (Å²) >= 11 is 1.69. The fourth-order valence-electron chi connectivity index (χ4n) is 2.86. The number of carbonyl (C=O) groups excluding carboxylic acids is 1. The zero-order valence-corrected chi connectivity index (χ0v) is 14.8. The van der Waals surface area contributed by atoms with Crippen molar-refractivity contribution in [2.24, 2.45) is 5.92 Å². The maximum absolute atomic E-state index is 12.0. The van der Waals surface area contributed by atoms with E-state index in [4.69, 9.17) is 0 Å². The SMILES string of the molecule is Cl.O=C(CC1CCC1)Nc1ccc(-c2nc3ccccc3s2)cc1. The van der Waals surface area contributed by atoms with E-state index in [1.165, 1.54) is 24.0 Å². The highest BCUT2D eigenvalue weighted by atomic mass is 35.5. The van der Waals surface area contributed by atoms with Crippen molar-refractivity contribution in [1.29, 1.82) is 0 Å². The van der Waals surface area contributed by atoms with Gasteiger partial charge >= 0.3 is 0 Å². The van der Waals surface area contributed by atoms with Gasteiger partial charge in [-0.15, -0.1) is 23.7 Å². The number of carbonyl (C=O) groups is 1. The first-order valence-corrected chi connectivity index (χ1v) is 8.85. The molecule has 0 aliphatic heterocycles. The van der Waals surface area contributed by atoms with Crippen LogP contribution in [0, 0.1) is 5.92 Å². The molecule has 0 atom stereocenters. The maximum Gasteiger partial charge on any atom is 0.224 e. The number of aromatic nitrogens is 1. The van der Waals surface area contributed by atoms with E-state index in [1.807, 2.05) is 42.5 Å². The summed E-state index contributed by atoms with van der Waals surface area (Å²) < 4.78 is 1.19. The van der Waals surface area contributed by atoms with E-state index < -0.39 is 0 Å². The zero-order chi connectivity index (χ0) is 15.6. The number of fused-ring (bicyclic) bond motifs is 1. The van der Waals surface area contributed by atoms with Crippen molar-refractivity contribution in [3.63, 3.8) is 0 Å². The van der Waals surface area contributed by atoms with Gasteiger partial charge in [0.05, 0.1) is 10.2 Å². The Morgan fingerprint density at radius 3 is 2.54 bits per heavy atom. The van der Waals surface area contributed by atoms with E-state index in [9.17, 15) is 4.79 Å². The average molecular weight is 359 g/mol. The number of hydrogen-bond acceptors (Lipinski definition) is 3. The predicted octanol–water partition coefficient (Wildman–Crippen LogP) is 5.51. The summed E-state index contributed by atoms with van der Waals surface area (Å²) in [6, 6.07) is 16.1. The lowest BCUT2D eigenvalue weighted by atomic mass is 9.83. The standard InChI is InChI=1S/C19H18N2OS.ClH/c22-18(12-13-4-3-5-13)20-15-10-8-14(9-11-15)19-21-16-6-1-2-7-17(16)23-19;/h1-2,6-11,13H,3-5,12H2,(H,20,22);1H. The Bertz CT molecular complexity index is 807. The summed E-state index contributed by atoms with van der Waals surface area (Å²) in [5, 5.41) is 4.00. The molecule has 3 nitrogen and oxygen atoms in total. The van der Waals surface area contributed by atoms with Gasteiger partial charge in [-0.3, -0.25) is 4.79 Å². The fourth-order valence-corrected chi connectivity index (χ4v) is 3.83. The second-order valence-electron chi connectivity index (χ2n) is 6.11. The molecular formula is C19H19ClN2OS. The minimum Gasteiger partial charge on any atom is -0.326 e. The van der Waals surface area contributed by atoms with Gasteiger partial charge in [0.2, 0.25) is 5.91 Å². The second kappa shape index (κ2) is 7.32. The van der Waals surface area contributed by atoms with Gasteiger partial charge in [0.1, 0.15) is 5.01 Å². The molecule has 1 aliphatic rings. The van der Waals surface area contributed by atoms with Crippen LogP contribution in [0.3, 0.4) is 0 Å². The van der Waals surface area contributed by atoms with Crippen LogP contribution in [0.15, 0.2) is 48.5 Å². The van der Waals surface area contributed by atoms with Gasteiger partial charge in [-0.1, -0.05) is 18.6 Å². The van der Waals surface area contributed by atoms with Gasteiger partial charge in [0, 0.05) is 17.7 Å². The van der Waals surface area contributed by atoms with Gasteiger partial charge in [-0.05, 0) is 55.2 Å². The zero-order valence-electron chi connectivity index (χ0n) is 13.2. The molecule has 2 aromatic carbocycles. The molecule has 1 amide bonds. The van der Waals surface area contributed by atoms with Crippen molar-refractivity contribution < 1.29 is 4.79 Å². The Morgan fingerprint density at radius 1 is 1.12 bits per heavy atom. The van der Waals surface area contributed by atoms with Crippen LogP contribution >= 0.6 is 23.7 Å². The third kappa shape index (κ3) is 3.60. The molecule has 0 saturated heterocycles. The third-order valence-corrected chi connectivity index (χ3v) is 5.49.